The van der Waals surface area contributed by atoms with Gasteiger partial charge in [0, 0.05) is 25.7 Å². The Morgan fingerprint density at radius 1 is 0.330 bits per heavy atom. The highest BCUT2D eigenvalue weighted by Crippen LogP contribution is 2.45. The van der Waals surface area contributed by atoms with Crippen molar-refractivity contribution in [1.82, 2.24) is 0 Å². The minimum absolute atomic E-state index is 0.105. The fraction of sp³-hybridized carbons (Fsp3) is 0.942. The van der Waals surface area contributed by atoms with Gasteiger partial charge in [0.1, 0.15) is 19.3 Å². The Hall–Kier alpha value is -1.94. The van der Waals surface area contributed by atoms with Crippen LogP contribution < -0.4 is 0 Å². The smallest absolute Gasteiger partial charge is 0.462 e. The molecule has 0 fully saturated rings. The summed E-state index contributed by atoms with van der Waals surface area (Å²) < 4.78 is 68.1. The number of hydrogen-bond donors (Lipinski definition) is 3. The number of hydrogen-bond acceptors (Lipinski definition) is 15. The third kappa shape index (κ3) is 61.6. The summed E-state index contributed by atoms with van der Waals surface area (Å²) in [5.74, 6) is -0.543. The number of aliphatic hydroxyl groups excluding tert-OH is 1. The van der Waals surface area contributed by atoms with E-state index in [2.05, 4.69) is 41.5 Å². The summed E-state index contributed by atoms with van der Waals surface area (Å²) in [6.07, 6.45) is 45.9. The predicted molar refractivity (Wildman–Crippen MR) is 354 cm³/mol. The highest BCUT2D eigenvalue weighted by Gasteiger charge is 2.30. The lowest BCUT2D eigenvalue weighted by atomic mass is 9.99. The van der Waals surface area contributed by atoms with Crippen LogP contribution in [0.3, 0.4) is 0 Å². The van der Waals surface area contributed by atoms with Gasteiger partial charge in [-0.05, 0) is 37.5 Å². The third-order valence-corrected chi connectivity index (χ3v) is 18.2. The van der Waals surface area contributed by atoms with E-state index in [0.717, 1.165) is 108 Å². The Balaban J connectivity index is 5.18. The molecular weight excluding hydrogens is 1160 g/mol. The number of phosphoric acid groups is 2. The van der Waals surface area contributed by atoms with E-state index in [4.69, 9.17) is 37.0 Å². The topological polar surface area (TPSA) is 237 Å². The molecule has 0 aromatic carbocycles. The summed E-state index contributed by atoms with van der Waals surface area (Å²) in [5, 5.41) is 10.6. The first-order valence-corrected chi connectivity index (χ1v) is 39.0. The zero-order valence-corrected chi connectivity index (χ0v) is 58.8. The first kappa shape index (κ1) is 86.1. The molecule has 0 aliphatic heterocycles. The molecule has 0 bridgehead atoms. The Labute approximate surface area is 537 Å². The third-order valence-electron chi connectivity index (χ3n) is 16.3. The van der Waals surface area contributed by atoms with Crippen LogP contribution in [0.25, 0.3) is 0 Å². The van der Waals surface area contributed by atoms with E-state index in [1.165, 1.54) is 161 Å². The van der Waals surface area contributed by atoms with Crippen LogP contribution in [0, 0.1) is 11.8 Å². The second-order valence-corrected chi connectivity index (χ2v) is 28.5. The summed E-state index contributed by atoms with van der Waals surface area (Å²) in [7, 11) is -9.89. The van der Waals surface area contributed by atoms with Crippen LogP contribution in [0.15, 0.2) is 0 Å². The van der Waals surface area contributed by atoms with Crippen LogP contribution in [0.4, 0.5) is 0 Å². The van der Waals surface area contributed by atoms with E-state index in [-0.39, 0.29) is 25.7 Å². The summed E-state index contributed by atoms with van der Waals surface area (Å²) in [6.45, 7) is 9.53. The van der Waals surface area contributed by atoms with Crippen molar-refractivity contribution < 1.29 is 80.2 Å². The van der Waals surface area contributed by atoms with Crippen LogP contribution in [0.5, 0.6) is 0 Å². The van der Waals surface area contributed by atoms with Gasteiger partial charge in [0.05, 0.1) is 26.4 Å². The Bertz CT molecular complexity index is 1720. The number of ether oxygens (including phenoxy) is 4. The maximum absolute atomic E-state index is 13.0. The quantitative estimate of drug-likeness (QED) is 0.0222. The maximum atomic E-state index is 13.0. The molecule has 17 nitrogen and oxygen atoms in total. The second kappa shape index (κ2) is 61.3. The van der Waals surface area contributed by atoms with Gasteiger partial charge in [-0.25, -0.2) is 9.13 Å². The molecule has 0 saturated carbocycles. The van der Waals surface area contributed by atoms with Gasteiger partial charge < -0.3 is 33.8 Å². The SMILES string of the molecule is CCCCCCCCCCCC(=O)O[C@H](COC(=O)CCCCCCCCCC)COP(=O)(O)OC[C@H](O)COP(=O)(O)OC[C@@H](COC(=O)CCCCCCCCCCC(C)CC)OC(=O)CCCCCCCCCCCCCCCCCCC(C)C. The Morgan fingerprint density at radius 3 is 0.864 bits per heavy atom. The number of carbonyl (C=O) groups excluding carboxylic acids is 4. The summed E-state index contributed by atoms with van der Waals surface area (Å²) in [6, 6.07) is 0. The van der Waals surface area contributed by atoms with Crippen LogP contribution in [-0.2, 0) is 65.4 Å². The standard InChI is InChI=1S/C69H134O17P2/c1-7-10-12-14-16-26-35-41-47-53-68(73)85-64(57-79-66(71)51-45-39-33-17-15-13-11-8-2)59-83-87(75,76)81-55-63(70)56-82-88(77,78)84-60-65(58-80-67(72)52-46-40-34-30-29-32-38-44-50-62(6)9-3)86-69(74)54-48-42-36-28-25-23-21-19-18-20-22-24-27-31-37-43-49-61(4)5/h61-65,70H,7-60H2,1-6H3,(H,75,76)(H,77,78)/t62?,63-,64+,65+/m0/s1. The van der Waals surface area contributed by atoms with Crippen molar-refractivity contribution in [2.45, 2.75) is 368 Å². The van der Waals surface area contributed by atoms with Gasteiger partial charge in [0.2, 0.25) is 0 Å². The Morgan fingerprint density at radius 2 is 0.580 bits per heavy atom. The van der Waals surface area contributed by atoms with Crippen molar-refractivity contribution in [3.8, 4) is 0 Å². The van der Waals surface area contributed by atoms with E-state index >= 15 is 0 Å². The van der Waals surface area contributed by atoms with E-state index < -0.39 is 97.5 Å². The molecule has 3 unspecified atom stereocenters. The minimum atomic E-state index is -4.95. The van der Waals surface area contributed by atoms with Crippen molar-refractivity contribution in [1.29, 1.82) is 0 Å². The van der Waals surface area contributed by atoms with E-state index in [1.807, 2.05) is 0 Å². The highest BCUT2D eigenvalue weighted by atomic mass is 31.2. The monoisotopic (exact) mass is 1300 g/mol. The van der Waals surface area contributed by atoms with Gasteiger partial charge in [-0.3, -0.25) is 37.3 Å². The maximum Gasteiger partial charge on any atom is 0.472 e. The average molecular weight is 1300 g/mol. The fourth-order valence-electron chi connectivity index (χ4n) is 10.4. The molecule has 0 aliphatic rings. The molecular formula is C69H134O17P2. The molecule has 0 aromatic rings. The normalized spacial score (nSPS) is 14.5. The van der Waals surface area contributed by atoms with Gasteiger partial charge in [-0.15, -0.1) is 0 Å². The van der Waals surface area contributed by atoms with Gasteiger partial charge in [-0.2, -0.15) is 0 Å². The molecule has 19 heteroatoms. The average Bonchev–Trinajstić information content (AvgIpc) is 3.71. The van der Waals surface area contributed by atoms with E-state index in [0.29, 0.717) is 25.7 Å². The summed E-state index contributed by atoms with van der Waals surface area (Å²) in [4.78, 5) is 72.3. The number of phosphoric ester groups is 2. The molecule has 3 N–H and O–H groups in total. The lowest BCUT2D eigenvalue weighted by Crippen LogP contribution is -2.30. The number of unbranched alkanes of at least 4 members (excludes halogenated alkanes) is 37. The van der Waals surface area contributed by atoms with Gasteiger partial charge in [-0.1, -0.05) is 298 Å². The van der Waals surface area contributed by atoms with Crippen LogP contribution in [-0.4, -0.2) is 96.7 Å². The molecule has 0 spiro atoms. The largest absolute Gasteiger partial charge is 0.472 e. The number of carbonyl (C=O) groups is 4. The molecule has 0 saturated heterocycles. The van der Waals surface area contributed by atoms with Crippen LogP contribution in [0.1, 0.15) is 350 Å². The second-order valence-electron chi connectivity index (χ2n) is 25.6. The first-order valence-electron chi connectivity index (χ1n) is 36.0. The molecule has 0 radical (unpaired) electrons. The van der Waals surface area contributed by atoms with Crippen molar-refractivity contribution >= 4 is 39.5 Å². The van der Waals surface area contributed by atoms with E-state index in [1.54, 1.807) is 0 Å². The zero-order chi connectivity index (χ0) is 65.0. The van der Waals surface area contributed by atoms with Crippen molar-refractivity contribution in [3.63, 3.8) is 0 Å². The van der Waals surface area contributed by atoms with Crippen LogP contribution in [0.2, 0.25) is 0 Å². The van der Waals surface area contributed by atoms with Crippen molar-refractivity contribution in [2.24, 2.45) is 11.8 Å². The summed E-state index contributed by atoms with van der Waals surface area (Å²) in [5.41, 5.74) is 0. The lowest BCUT2D eigenvalue weighted by Gasteiger charge is -2.21. The fourth-order valence-corrected chi connectivity index (χ4v) is 12.0. The van der Waals surface area contributed by atoms with Gasteiger partial charge in [0.25, 0.3) is 0 Å². The molecule has 0 amide bonds. The predicted octanol–water partition coefficient (Wildman–Crippen LogP) is 19.6. The molecule has 6 atom stereocenters. The lowest BCUT2D eigenvalue weighted by molar-refractivity contribution is -0.161. The molecule has 88 heavy (non-hydrogen) atoms. The number of rotatable bonds is 68. The molecule has 0 rings (SSSR count). The van der Waals surface area contributed by atoms with Gasteiger partial charge in [0.15, 0.2) is 12.2 Å². The molecule has 522 valence electrons. The summed E-state index contributed by atoms with van der Waals surface area (Å²) >= 11 is 0. The Kier molecular flexibility index (Phi) is 59.9. The molecule has 0 aromatic heterocycles. The van der Waals surface area contributed by atoms with Crippen molar-refractivity contribution in [2.75, 3.05) is 39.6 Å². The number of esters is 4. The highest BCUT2D eigenvalue weighted by molar-refractivity contribution is 7.47. The first-order chi connectivity index (χ1) is 42.4. The zero-order valence-electron chi connectivity index (χ0n) is 57.0. The van der Waals surface area contributed by atoms with Crippen molar-refractivity contribution in [3.05, 3.63) is 0 Å². The minimum Gasteiger partial charge on any atom is -0.462 e. The molecule has 0 aliphatic carbocycles. The molecule has 0 heterocycles. The van der Waals surface area contributed by atoms with E-state index in [9.17, 15) is 43.2 Å². The van der Waals surface area contributed by atoms with Crippen LogP contribution >= 0.6 is 15.6 Å². The van der Waals surface area contributed by atoms with Gasteiger partial charge >= 0.3 is 39.5 Å². The number of aliphatic hydroxyl groups is 1.